The number of anilines is 1. The molecule has 1 aliphatic carbocycles. The zero-order chi connectivity index (χ0) is 24.3. The molecule has 4 amide bonds. The SMILES string of the molecule is CC1CCC(NC(=O)c2ccccc2N2C(=O)N3CCc4c([nH]c5ccccc45)[C@@]3(C)C2=O)CC1. The molecule has 7 heteroatoms. The molecule has 2 aliphatic heterocycles. The zero-order valence-electron chi connectivity index (χ0n) is 20.1. The van der Waals surface area contributed by atoms with E-state index in [0.717, 1.165) is 47.8 Å². The van der Waals surface area contributed by atoms with Gasteiger partial charge in [-0.1, -0.05) is 37.3 Å². The highest BCUT2D eigenvalue weighted by molar-refractivity contribution is 6.25. The van der Waals surface area contributed by atoms with E-state index in [1.165, 1.54) is 4.90 Å². The number of H-pyrrole nitrogens is 1. The topological polar surface area (TPSA) is 85.5 Å². The van der Waals surface area contributed by atoms with Crippen LogP contribution < -0.4 is 10.2 Å². The highest BCUT2D eigenvalue weighted by Gasteiger charge is 2.59. The van der Waals surface area contributed by atoms with Crippen LogP contribution in [0.15, 0.2) is 48.5 Å². The lowest BCUT2D eigenvalue weighted by Crippen LogP contribution is -2.49. The fourth-order valence-corrected chi connectivity index (χ4v) is 6.13. The van der Waals surface area contributed by atoms with Crippen molar-refractivity contribution < 1.29 is 14.4 Å². The average molecular weight is 471 g/mol. The van der Waals surface area contributed by atoms with Crippen LogP contribution in [0.4, 0.5) is 10.5 Å². The van der Waals surface area contributed by atoms with E-state index in [2.05, 4.69) is 17.2 Å². The van der Waals surface area contributed by atoms with E-state index in [0.29, 0.717) is 30.1 Å². The normalized spacial score (nSPS) is 26.1. The standard InChI is InChI=1S/C28H30N4O3/c1-17-11-13-18(14-12-17)29-25(33)21-8-4-6-10-23(21)32-26(34)28(2)24-20(15-16-31(28)27(32)35)19-7-3-5-9-22(19)30-24/h3-10,17-18,30H,11-16H2,1-2H3,(H,29,33)/t17?,18?,28-/m0/s1. The van der Waals surface area contributed by atoms with Crippen LogP contribution in [0.1, 0.15) is 61.1 Å². The number of urea groups is 1. The lowest BCUT2D eigenvalue weighted by Gasteiger charge is -2.35. The molecule has 0 radical (unpaired) electrons. The summed E-state index contributed by atoms with van der Waals surface area (Å²) < 4.78 is 0. The van der Waals surface area contributed by atoms with Gasteiger partial charge in [-0.15, -0.1) is 0 Å². The number of carbonyl (C=O) groups excluding carboxylic acids is 3. The van der Waals surface area contributed by atoms with E-state index in [1.54, 1.807) is 29.2 Å². The van der Waals surface area contributed by atoms with Crippen LogP contribution in [-0.2, 0) is 16.8 Å². The first kappa shape index (κ1) is 21.9. The molecule has 3 heterocycles. The highest BCUT2D eigenvalue weighted by Crippen LogP contribution is 2.45. The Kier molecular flexibility index (Phi) is 4.99. The van der Waals surface area contributed by atoms with Crippen LogP contribution in [0.2, 0.25) is 0 Å². The minimum absolute atomic E-state index is 0.120. The van der Waals surface area contributed by atoms with E-state index in [-0.39, 0.29) is 23.9 Å². The molecule has 0 bridgehead atoms. The largest absolute Gasteiger partial charge is 0.356 e. The number of rotatable bonds is 3. The van der Waals surface area contributed by atoms with Gasteiger partial charge in [-0.25, -0.2) is 9.69 Å². The van der Waals surface area contributed by atoms with Gasteiger partial charge in [0.2, 0.25) is 0 Å². The van der Waals surface area contributed by atoms with Crippen LogP contribution in [0.5, 0.6) is 0 Å². The van der Waals surface area contributed by atoms with Crippen LogP contribution in [-0.4, -0.2) is 40.3 Å². The summed E-state index contributed by atoms with van der Waals surface area (Å²) in [5, 5.41) is 4.23. The Morgan fingerprint density at radius 3 is 2.54 bits per heavy atom. The van der Waals surface area contributed by atoms with Gasteiger partial charge < -0.3 is 15.2 Å². The van der Waals surface area contributed by atoms with Gasteiger partial charge in [-0.3, -0.25) is 9.59 Å². The maximum Gasteiger partial charge on any atom is 0.332 e. The molecule has 2 aromatic carbocycles. The smallest absolute Gasteiger partial charge is 0.332 e. The molecule has 1 saturated heterocycles. The van der Waals surface area contributed by atoms with E-state index >= 15 is 0 Å². The number of carbonyl (C=O) groups is 3. The van der Waals surface area contributed by atoms with E-state index in [1.807, 2.05) is 31.2 Å². The van der Waals surface area contributed by atoms with Crippen LogP contribution >= 0.6 is 0 Å². The zero-order valence-corrected chi connectivity index (χ0v) is 20.1. The van der Waals surface area contributed by atoms with Crippen molar-refractivity contribution in [1.29, 1.82) is 0 Å². The summed E-state index contributed by atoms with van der Waals surface area (Å²) in [7, 11) is 0. The molecule has 1 aromatic heterocycles. The monoisotopic (exact) mass is 470 g/mol. The number of hydrogen-bond acceptors (Lipinski definition) is 3. The number of amides is 4. The minimum atomic E-state index is -1.15. The third kappa shape index (κ3) is 3.21. The van der Waals surface area contributed by atoms with E-state index in [4.69, 9.17) is 0 Å². The molecule has 1 atom stereocenters. The molecule has 3 aliphatic rings. The molecule has 0 unspecified atom stereocenters. The quantitative estimate of drug-likeness (QED) is 0.544. The number of fused-ring (bicyclic) bond motifs is 5. The van der Waals surface area contributed by atoms with Crippen molar-refractivity contribution in [1.82, 2.24) is 15.2 Å². The van der Waals surface area contributed by atoms with E-state index < -0.39 is 5.54 Å². The molecular formula is C28H30N4O3. The number of nitrogens with one attached hydrogen (secondary N) is 2. The fraction of sp³-hybridized carbons (Fsp3) is 0.393. The Morgan fingerprint density at radius 1 is 1.03 bits per heavy atom. The molecule has 180 valence electrons. The van der Waals surface area contributed by atoms with Gasteiger partial charge in [-0.05, 0) is 68.7 Å². The molecule has 2 fully saturated rings. The van der Waals surface area contributed by atoms with Crippen molar-refractivity contribution in [2.45, 2.75) is 57.5 Å². The second kappa shape index (κ2) is 7.97. The predicted molar refractivity (Wildman–Crippen MR) is 134 cm³/mol. The van der Waals surface area contributed by atoms with Crippen LogP contribution in [0.25, 0.3) is 10.9 Å². The summed E-state index contributed by atoms with van der Waals surface area (Å²) in [6.45, 7) is 4.50. The van der Waals surface area contributed by atoms with E-state index in [9.17, 15) is 14.4 Å². The second-order valence-corrected chi connectivity index (χ2v) is 10.4. The van der Waals surface area contributed by atoms with Gasteiger partial charge in [0.1, 0.15) is 0 Å². The number of aromatic amines is 1. The Bertz CT molecular complexity index is 1350. The van der Waals surface area contributed by atoms with Crippen LogP contribution in [0, 0.1) is 5.92 Å². The number of aromatic nitrogens is 1. The molecule has 7 nitrogen and oxygen atoms in total. The lowest BCUT2D eigenvalue weighted by molar-refractivity contribution is -0.125. The first-order chi connectivity index (χ1) is 16.9. The molecule has 2 N–H and O–H groups in total. The van der Waals surface area contributed by atoms with Crippen molar-refractivity contribution in [3.05, 3.63) is 65.4 Å². The van der Waals surface area contributed by atoms with Gasteiger partial charge in [0.25, 0.3) is 11.8 Å². The van der Waals surface area contributed by atoms with Gasteiger partial charge >= 0.3 is 6.03 Å². The number of para-hydroxylation sites is 2. The second-order valence-electron chi connectivity index (χ2n) is 10.4. The molecular weight excluding hydrogens is 440 g/mol. The number of hydrogen-bond donors (Lipinski definition) is 2. The average Bonchev–Trinajstić information content (AvgIpc) is 3.34. The third-order valence-electron chi connectivity index (χ3n) is 8.21. The Hall–Kier alpha value is -3.61. The molecule has 35 heavy (non-hydrogen) atoms. The summed E-state index contributed by atoms with van der Waals surface area (Å²) in [5.74, 6) is 0.117. The Morgan fingerprint density at radius 2 is 1.74 bits per heavy atom. The summed E-state index contributed by atoms with van der Waals surface area (Å²) in [6.07, 6.45) is 4.76. The van der Waals surface area contributed by atoms with Crippen molar-refractivity contribution in [2.75, 3.05) is 11.4 Å². The minimum Gasteiger partial charge on any atom is -0.356 e. The van der Waals surface area contributed by atoms with Crippen LogP contribution in [0.3, 0.4) is 0 Å². The molecule has 1 saturated carbocycles. The maximum absolute atomic E-state index is 14.0. The van der Waals surface area contributed by atoms with Crippen molar-refractivity contribution >= 4 is 34.4 Å². The van der Waals surface area contributed by atoms with Gasteiger partial charge in [0.05, 0.1) is 16.9 Å². The van der Waals surface area contributed by atoms with Gasteiger partial charge in [-0.2, -0.15) is 0 Å². The highest BCUT2D eigenvalue weighted by atomic mass is 16.2. The summed E-state index contributed by atoms with van der Waals surface area (Å²) in [5.41, 5.74) is 2.36. The summed E-state index contributed by atoms with van der Waals surface area (Å²) >= 11 is 0. The van der Waals surface area contributed by atoms with Crippen molar-refractivity contribution in [3.8, 4) is 0 Å². The Labute approximate surface area is 204 Å². The van der Waals surface area contributed by atoms with Crippen molar-refractivity contribution in [3.63, 3.8) is 0 Å². The Balaban J connectivity index is 1.37. The maximum atomic E-state index is 14.0. The summed E-state index contributed by atoms with van der Waals surface area (Å²) in [6, 6.07) is 14.7. The number of imide groups is 1. The number of benzene rings is 2. The molecule has 6 rings (SSSR count). The van der Waals surface area contributed by atoms with Gasteiger partial charge in [0, 0.05) is 23.5 Å². The fourth-order valence-electron chi connectivity index (χ4n) is 6.13. The predicted octanol–water partition coefficient (Wildman–Crippen LogP) is 4.72. The first-order valence-corrected chi connectivity index (χ1v) is 12.6. The summed E-state index contributed by atoms with van der Waals surface area (Å²) in [4.78, 5) is 47.3. The lowest BCUT2D eigenvalue weighted by atomic mass is 9.87. The molecule has 0 spiro atoms. The third-order valence-corrected chi connectivity index (χ3v) is 8.21. The van der Waals surface area contributed by atoms with Gasteiger partial charge in [0.15, 0.2) is 5.54 Å². The molecule has 3 aromatic rings. The first-order valence-electron chi connectivity index (χ1n) is 12.6. The number of nitrogens with zero attached hydrogens (tertiary/aromatic N) is 2. The van der Waals surface area contributed by atoms with Crippen molar-refractivity contribution in [2.24, 2.45) is 5.92 Å².